The third-order valence-electron chi connectivity index (χ3n) is 2.52. The molecule has 1 aromatic rings. The van der Waals surface area contributed by atoms with Crippen LogP contribution in [0, 0.1) is 0 Å². The monoisotopic (exact) mass is 293 g/mol. The van der Waals surface area contributed by atoms with Gasteiger partial charge >= 0.3 is 0 Å². The van der Waals surface area contributed by atoms with Crippen molar-refractivity contribution in [3.05, 3.63) is 3.92 Å². The molecule has 1 fully saturated rings. The fourth-order valence-electron chi connectivity index (χ4n) is 1.52. The summed E-state index contributed by atoms with van der Waals surface area (Å²) in [7, 11) is 0. The van der Waals surface area contributed by atoms with Gasteiger partial charge in [0.25, 0.3) is 0 Å². The van der Waals surface area contributed by atoms with E-state index in [0.29, 0.717) is 11.3 Å². The summed E-state index contributed by atoms with van der Waals surface area (Å²) in [4.78, 5) is 2.35. The van der Waals surface area contributed by atoms with Crippen molar-refractivity contribution in [1.82, 2.24) is 10.2 Å². The molecule has 0 spiro atoms. The van der Waals surface area contributed by atoms with Gasteiger partial charge in [-0.3, -0.25) is 0 Å². The molecule has 2 rings (SSSR count). The predicted molar refractivity (Wildman–Crippen MR) is 66.3 cm³/mol. The van der Waals surface area contributed by atoms with E-state index in [-0.39, 0.29) is 0 Å². The van der Waals surface area contributed by atoms with E-state index in [9.17, 15) is 0 Å². The molecule has 0 aliphatic carbocycles. The Hall–Kier alpha value is 0.190. The molecule has 0 amide bonds. The van der Waals surface area contributed by atoms with Crippen LogP contribution in [0.1, 0.15) is 13.8 Å². The minimum atomic E-state index is 0.550. The molecule has 0 N–H and O–H groups in total. The molecule has 6 heteroatoms. The van der Waals surface area contributed by atoms with Crippen LogP contribution in [0.15, 0.2) is 3.92 Å². The van der Waals surface area contributed by atoms with Crippen molar-refractivity contribution in [3.63, 3.8) is 0 Å². The first-order chi connectivity index (χ1) is 6.68. The van der Waals surface area contributed by atoms with Gasteiger partial charge in [0.05, 0.1) is 0 Å². The molecule has 2 heterocycles. The van der Waals surface area contributed by atoms with E-state index in [1.807, 2.05) is 11.8 Å². The second-order valence-electron chi connectivity index (χ2n) is 3.35. The highest BCUT2D eigenvalue weighted by molar-refractivity contribution is 9.11. The molecule has 0 saturated carbocycles. The summed E-state index contributed by atoms with van der Waals surface area (Å²) in [5, 5.41) is 9.86. The van der Waals surface area contributed by atoms with Crippen LogP contribution in [0.4, 0.5) is 5.13 Å². The van der Waals surface area contributed by atoms with E-state index in [2.05, 4.69) is 44.9 Å². The Bertz CT molecular complexity index is 317. The number of rotatable bonds is 1. The molecule has 0 radical (unpaired) electrons. The quantitative estimate of drug-likeness (QED) is 0.796. The van der Waals surface area contributed by atoms with Gasteiger partial charge in [-0.15, -0.1) is 10.2 Å². The van der Waals surface area contributed by atoms with Crippen molar-refractivity contribution in [2.75, 3.05) is 17.2 Å². The van der Waals surface area contributed by atoms with Crippen LogP contribution in [-0.4, -0.2) is 33.8 Å². The molecule has 2 atom stereocenters. The lowest BCUT2D eigenvalue weighted by atomic mass is 10.2. The summed E-state index contributed by atoms with van der Waals surface area (Å²) in [6, 6.07) is 0.550. The average molecular weight is 294 g/mol. The van der Waals surface area contributed by atoms with Gasteiger partial charge in [-0.05, 0) is 22.9 Å². The molecule has 78 valence electrons. The third kappa shape index (κ3) is 2.06. The van der Waals surface area contributed by atoms with Gasteiger partial charge in [0, 0.05) is 23.6 Å². The van der Waals surface area contributed by atoms with Crippen molar-refractivity contribution in [1.29, 1.82) is 0 Å². The smallest absolute Gasteiger partial charge is 0.209 e. The van der Waals surface area contributed by atoms with Gasteiger partial charge < -0.3 is 4.90 Å². The van der Waals surface area contributed by atoms with Gasteiger partial charge in [-0.25, -0.2) is 0 Å². The van der Waals surface area contributed by atoms with Gasteiger partial charge in [0.1, 0.15) is 0 Å². The van der Waals surface area contributed by atoms with E-state index in [0.717, 1.165) is 15.6 Å². The largest absolute Gasteiger partial charge is 0.342 e. The Morgan fingerprint density at radius 2 is 2.21 bits per heavy atom. The summed E-state index contributed by atoms with van der Waals surface area (Å²) in [6.07, 6.45) is 0. The molecule has 14 heavy (non-hydrogen) atoms. The van der Waals surface area contributed by atoms with Crippen LogP contribution in [0.3, 0.4) is 0 Å². The van der Waals surface area contributed by atoms with Crippen LogP contribution in [0.25, 0.3) is 0 Å². The van der Waals surface area contributed by atoms with E-state index in [4.69, 9.17) is 0 Å². The van der Waals surface area contributed by atoms with E-state index in [1.165, 1.54) is 5.75 Å². The fraction of sp³-hybridized carbons (Fsp3) is 0.750. The highest BCUT2D eigenvalue weighted by atomic mass is 79.9. The number of nitrogens with zero attached hydrogens (tertiary/aromatic N) is 3. The SMILES string of the molecule is CC1SCCN(c2nnc(Br)s2)C1C. The Morgan fingerprint density at radius 1 is 1.43 bits per heavy atom. The number of hydrogen-bond acceptors (Lipinski definition) is 5. The number of anilines is 1. The van der Waals surface area contributed by atoms with Crippen LogP contribution in [0.5, 0.6) is 0 Å². The van der Waals surface area contributed by atoms with Gasteiger partial charge in [0.15, 0.2) is 3.92 Å². The summed E-state index contributed by atoms with van der Waals surface area (Å²) >= 11 is 6.99. The standard InChI is InChI=1S/C8H12BrN3S2/c1-5-6(2)13-4-3-12(5)8-11-10-7(9)14-8/h5-6H,3-4H2,1-2H3. The maximum Gasteiger partial charge on any atom is 0.209 e. The van der Waals surface area contributed by atoms with Crippen molar-refractivity contribution < 1.29 is 0 Å². The highest BCUT2D eigenvalue weighted by Gasteiger charge is 2.27. The molecule has 0 aromatic carbocycles. The van der Waals surface area contributed by atoms with E-state index >= 15 is 0 Å². The highest BCUT2D eigenvalue weighted by Crippen LogP contribution is 2.31. The van der Waals surface area contributed by atoms with Crippen molar-refractivity contribution >= 4 is 44.2 Å². The van der Waals surface area contributed by atoms with Crippen LogP contribution >= 0.6 is 39.0 Å². The lowest BCUT2D eigenvalue weighted by Crippen LogP contribution is -2.44. The predicted octanol–water partition coefficient (Wildman–Crippen LogP) is 2.63. The Labute approximate surface area is 100 Å². The number of halogens is 1. The molecule has 1 aromatic heterocycles. The minimum Gasteiger partial charge on any atom is -0.342 e. The van der Waals surface area contributed by atoms with Gasteiger partial charge in [-0.2, -0.15) is 11.8 Å². The Kier molecular flexibility index (Phi) is 3.34. The molecule has 1 saturated heterocycles. The van der Waals surface area contributed by atoms with Crippen LogP contribution in [0.2, 0.25) is 0 Å². The van der Waals surface area contributed by atoms with Gasteiger partial charge in [0.2, 0.25) is 5.13 Å². The molecular formula is C8H12BrN3S2. The first-order valence-electron chi connectivity index (χ1n) is 4.55. The van der Waals surface area contributed by atoms with Crippen LogP contribution in [-0.2, 0) is 0 Å². The average Bonchev–Trinajstić information content (AvgIpc) is 2.57. The fourth-order valence-corrected chi connectivity index (χ4v) is 3.82. The lowest BCUT2D eigenvalue weighted by molar-refractivity contribution is 0.623. The maximum absolute atomic E-state index is 4.16. The molecular weight excluding hydrogens is 282 g/mol. The molecule has 3 nitrogen and oxygen atoms in total. The number of thioether (sulfide) groups is 1. The molecule has 1 aliphatic rings. The van der Waals surface area contributed by atoms with Crippen molar-refractivity contribution in [3.8, 4) is 0 Å². The molecule has 2 unspecified atom stereocenters. The minimum absolute atomic E-state index is 0.550. The summed E-state index contributed by atoms with van der Waals surface area (Å²) in [5.41, 5.74) is 0. The third-order valence-corrected chi connectivity index (χ3v) is 5.25. The second-order valence-corrected chi connectivity index (χ2v) is 7.06. The summed E-state index contributed by atoms with van der Waals surface area (Å²) in [5.74, 6) is 1.18. The summed E-state index contributed by atoms with van der Waals surface area (Å²) in [6.45, 7) is 5.61. The Morgan fingerprint density at radius 3 is 2.86 bits per heavy atom. The molecule has 1 aliphatic heterocycles. The zero-order valence-electron chi connectivity index (χ0n) is 8.11. The molecule has 0 bridgehead atoms. The zero-order valence-corrected chi connectivity index (χ0v) is 11.3. The number of aromatic nitrogens is 2. The van der Waals surface area contributed by atoms with E-state index in [1.54, 1.807) is 11.3 Å². The second kappa shape index (κ2) is 4.37. The van der Waals surface area contributed by atoms with Gasteiger partial charge in [-0.1, -0.05) is 18.3 Å². The van der Waals surface area contributed by atoms with Crippen molar-refractivity contribution in [2.24, 2.45) is 0 Å². The topological polar surface area (TPSA) is 29.0 Å². The summed E-state index contributed by atoms with van der Waals surface area (Å²) < 4.78 is 0.866. The first-order valence-corrected chi connectivity index (χ1v) is 7.21. The number of hydrogen-bond donors (Lipinski definition) is 0. The first kappa shape index (κ1) is 10.7. The lowest BCUT2D eigenvalue weighted by Gasteiger charge is -2.36. The maximum atomic E-state index is 4.16. The zero-order chi connectivity index (χ0) is 10.1. The van der Waals surface area contributed by atoms with E-state index < -0.39 is 0 Å². The van der Waals surface area contributed by atoms with Crippen molar-refractivity contribution in [2.45, 2.75) is 25.1 Å². The van der Waals surface area contributed by atoms with Crippen LogP contribution < -0.4 is 4.90 Å². The Balaban J connectivity index is 2.17. The normalized spacial score (nSPS) is 28.1.